The van der Waals surface area contributed by atoms with Crippen LogP contribution in [0.25, 0.3) is 0 Å². The zero-order valence-corrected chi connectivity index (χ0v) is 22.8. The number of benzene rings is 2. The fourth-order valence-electron chi connectivity index (χ4n) is 4.50. The molecular weight excluding hydrogens is 547 g/mol. The number of rotatable bonds is 10. The molecule has 11 heteroatoms. The molecule has 0 bridgehead atoms. The third kappa shape index (κ3) is 7.11. The van der Waals surface area contributed by atoms with Crippen LogP contribution in [0.3, 0.4) is 0 Å². The summed E-state index contributed by atoms with van der Waals surface area (Å²) in [4.78, 5) is 31.2. The fraction of sp³-hybridized carbons (Fsp3) is 0.345. The first kappa shape index (κ1) is 29.4. The van der Waals surface area contributed by atoms with E-state index in [1.807, 2.05) is 25.3 Å². The zero-order chi connectivity index (χ0) is 28.9. The first-order valence-corrected chi connectivity index (χ1v) is 13.2. The molecule has 0 saturated carbocycles. The number of fused-ring (bicyclic) bond motifs is 1. The number of hydrogen-bond acceptors (Lipinski definition) is 5. The lowest BCUT2D eigenvalue weighted by Gasteiger charge is -2.37. The van der Waals surface area contributed by atoms with Gasteiger partial charge in [-0.2, -0.15) is 13.2 Å². The number of ether oxygens (including phenoxy) is 2. The van der Waals surface area contributed by atoms with Crippen molar-refractivity contribution in [3.8, 4) is 5.75 Å². The number of carbonyl (C=O) groups excluding carboxylic acids is 2. The van der Waals surface area contributed by atoms with Gasteiger partial charge in [-0.15, -0.1) is 11.6 Å². The van der Waals surface area contributed by atoms with Crippen molar-refractivity contribution in [1.82, 2.24) is 9.88 Å². The minimum atomic E-state index is -4.66. The van der Waals surface area contributed by atoms with E-state index in [1.54, 1.807) is 18.2 Å². The third-order valence-electron chi connectivity index (χ3n) is 6.59. The van der Waals surface area contributed by atoms with Crippen LogP contribution in [0.15, 0.2) is 54.7 Å². The quantitative estimate of drug-likeness (QED) is 0.317. The Morgan fingerprint density at radius 1 is 1.15 bits per heavy atom. The molecule has 1 atom stereocenters. The Balaban J connectivity index is 1.62. The largest absolute Gasteiger partial charge is 0.497 e. The summed E-state index contributed by atoms with van der Waals surface area (Å²) >= 11 is 5.53. The second-order valence-electron chi connectivity index (χ2n) is 9.35. The van der Waals surface area contributed by atoms with Gasteiger partial charge in [0, 0.05) is 42.5 Å². The monoisotopic (exact) mass is 575 g/mol. The number of alkyl halides is 4. The van der Waals surface area contributed by atoms with Crippen molar-refractivity contribution in [2.75, 3.05) is 24.9 Å². The lowest BCUT2D eigenvalue weighted by Crippen LogP contribution is -2.47. The van der Waals surface area contributed by atoms with Crippen LogP contribution in [0, 0.1) is 0 Å². The molecule has 2 aromatic carbocycles. The number of carbonyl (C=O) groups is 2. The van der Waals surface area contributed by atoms with Crippen LogP contribution in [0.1, 0.15) is 45.2 Å². The molecular formula is C29H29ClF3N3O4. The second kappa shape index (κ2) is 12.7. The Hall–Kier alpha value is -3.63. The Bertz CT molecular complexity index is 1370. The third-order valence-corrected chi connectivity index (χ3v) is 6.83. The minimum absolute atomic E-state index is 0.0656. The van der Waals surface area contributed by atoms with Crippen LogP contribution in [0.5, 0.6) is 5.75 Å². The van der Waals surface area contributed by atoms with E-state index in [0.717, 1.165) is 35.4 Å². The summed E-state index contributed by atoms with van der Waals surface area (Å²) in [5, 5.41) is 2.37. The van der Waals surface area contributed by atoms with E-state index in [1.165, 1.54) is 18.1 Å². The molecule has 212 valence electrons. The van der Waals surface area contributed by atoms with Crippen LogP contribution in [-0.4, -0.2) is 47.5 Å². The van der Waals surface area contributed by atoms with Crippen molar-refractivity contribution in [2.45, 2.75) is 45.1 Å². The summed E-state index contributed by atoms with van der Waals surface area (Å²) in [6, 6.07) is 12.2. The van der Waals surface area contributed by atoms with E-state index in [0.29, 0.717) is 24.2 Å². The highest BCUT2D eigenvalue weighted by Gasteiger charge is 2.35. The molecule has 1 N–H and O–H groups in total. The van der Waals surface area contributed by atoms with Crippen LogP contribution >= 0.6 is 11.6 Å². The SMILES string of the molecule is CCc1ccc(CCOC2Cc3cc(OC)ccc3C(=O)N2Cc2cc(NC(=O)CCl)cc(C(F)(F)F)c2)nc1. The molecule has 2 heterocycles. The molecule has 3 aromatic rings. The van der Waals surface area contributed by atoms with E-state index in [-0.39, 0.29) is 30.3 Å². The van der Waals surface area contributed by atoms with Crippen molar-refractivity contribution in [2.24, 2.45) is 0 Å². The second-order valence-corrected chi connectivity index (χ2v) is 9.61. The number of anilines is 1. The van der Waals surface area contributed by atoms with E-state index in [9.17, 15) is 22.8 Å². The van der Waals surface area contributed by atoms with Gasteiger partial charge in [-0.05, 0) is 65.6 Å². The summed E-state index contributed by atoms with van der Waals surface area (Å²) in [5.74, 6) is -0.868. The predicted molar refractivity (Wildman–Crippen MR) is 144 cm³/mol. The van der Waals surface area contributed by atoms with Crippen molar-refractivity contribution in [3.05, 3.63) is 88.2 Å². The molecule has 1 unspecified atom stereocenters. The summed E-state index contributed by atoms with van der Waals surface area (Å²) in [7, 11) is 1.53. The molecule has 7 nitrogen and oxygen atoms in total. The Labute approximate surface area is 235 Å². The average Bonchev–Trinajstić information content (AvgIpc) is 2.94. The van der Waals surface area contributed by atoms with Crippen LogP contribution in [-0.2, 0) is 41.5 Å². The van der Waals surface area contributed by atoms with Gasteiger partial charge in [0.25, 0.3) is 5.91 Å². The summed E-state index contributed by atoms with van der Waals surface area (Å²) in [5.41, 5.74) is 2.23. The van der Waals surface area contributed by atoms with E-state index < -0.39 is 29.8 Å². The number of pyridine rings is 1. The van der Waals surface area contributed by atoms with Gasteiger partial charge in [0.1, 0.15) is 17.9 Å². The molecule has 1 aliphatic heterocycles. The van der Waals surface area contributed by atoms with Gasteiger partial charge in [-0.3, -0.25) is 14.6 Å². The highest BCUT2D eigenvalue weighted by molar-refractivity contribution is 6.29. The number of methoxy groups -OCH3 is 1. The molecule has 40 heavy (non-hydrogen) atoms. The topological polar surface area (TPSA) is 80.8 Å². The molecule has 0 saturated heterocycles. The zero-order valence-electron chi connectivity index (χ0n) is 22.1. The number of amides is 2. The van der Waals surface area contributed by atoms with E-state index in [4.69, 9.17) is 21.1 Å². The molecule has 1 aromatic heterocycles. The number of nitrogens with one attached hydrogen (secondary N) is 1. The van der Waals surface area contributed by atoms with Gasteiger partial charge in [0.05, 0.1) is 19.3 Å². The standard InChI is InChI=1S/C29H29ClF3N3O4/c1-3-18-4-5-22(34-16-18)8-9-40-27-13-20-12-24(39-2)6-7-25(20)28(38)36(27)17-19-10-21(29(31,32)33)14-23(11-19)35-26(37)15-30/h4-7,10-12,14,16,27H,3,8-9,13,15,17H2,1-2H3,(H,35,37). The Morgan fingerprint density at radius 2 is 1.95 bits per heavy atom. The number of aromatic nitrogens is 1. The van der Waals surface area contributed by atoms with Crippen molar-refractivity contribution >= 4 is 29.1 Å². The summed E-state index contributed by atoms with van der Waals surface area (Å²) in [6.45, 7) is 2.11. The highest BCUT2D eigenvalue weighted by atomic mass is 35.5. The number of nitrogens with zero attached hydrogens (tertiary/aromatic N) is 2. The molecule has 0 aliphatic carbocycles. The van der Waals surface area contributed by atoms with Crippen LogP contribution in [0.2, 0.25) is 0 Å². The van der Waals surface area contributed by atoms with Gasteiger partial charge in [-0.25, -0.2) is 0 Å². The van der Waals surface area contributed by atoms with Gasteiger partial charge in [-0.1, -0.05) is 13.0 Å². The first-order valence-electron chi connectivity index (χ1n) is 12.7. The maximum absolute atomic E-state index is 13.7. The molecule has 4 rings (SSSR count). The van der Waals surface area contributed by atoms with Crippen molar-refractivity contribution < 1.29 is 32.2 Å². The van der Waals surface area contributed by atoms with Gasteiger partial charge < -0.3 is 19.7 Å². The summed E-state index contributed by atoms with van der Waals surface area (Å²) < 4.78 is 52.5. The number of hydrogen-bond donors (Lipinski definition) is 1. The van der Waals surface area contributed by atoms with Crippen LogP contribution in [0.4, 0.5) is 18.9 Å². The van der Waals surface area contributed by atoms with Crippen molar-refractivity contribution in [1.29, 1.82) is 0 Å². The average molecular weight is 576 g/mol. The molecule has 0 spiro atoms. The maximum Gasteiger partial charge on any atom is 0.416 e. The maximum atomic E-state index is 13.7. The van der Waals surface area contributed by atoms with Gasteiger partial charge in [0.15, 0.2) is 0 Å². The lowest BCUT2D eigenvalue weighted by atomic mass is 9.96. The molecule has 1 aliphatic rings. The minimum Gasteiger partial charge on any atom is -0.497 e. The fourth-order valence-corrected chi connectivity index (χ4v) is 4.57. The smallest absolute Gasteiger partial charge is 0.416 e. The Kier molecular flexibility index (Phi) is 9.32. The normalized spacial score (nSPS) is 15.1. The molecule has 2 amide bonds. The number of halogens is 4. The van der Waals surface area contributed by atoms with Gasteiger partial charge >= 0.3 is 6.18 Å². The molecule has 0 fully saturated rings. The van der Waals surface area contributed by atoms with E-state index >= 15 is 0 Å². The summed E-state index contributed by atoms with van der Waals surface area (Å²) in [6.07, 6.45) is -1.93. The van der Waals surface area contributed by atoms with Crippen LogP contribution < -0.4 is 10.1 Å². The first-order chi connectivity index (χ1) is 19.1. The van der Waals surface area contributed by atoms with Gasteiger partial charge in [0.2, 0.25) is 5.91 Å². The predicted octanol–water partition coefficient (Wildman–Crippen LogP) is 5.63. The van der Waals surface area contributed by atoms with E-state index in [2.05, 4.69) is 10.3 Å². The molecule has 0 radical (unpaired) electrons. The van der Waals surface area contributed by atoms with Crippen molar-refractivity contribution in [3.63, 3.8) is 0 Å². The number of aryl methyl sites for hydroxylation is 1. The Morgan fingerprint density at radius 3 is 2.60 bits per heavy atom. The lowest BCUT2D eigenvalue weighted by molar-refractivity contribution is -0.137. The highest BCUT2D eigenvalue weighted by Crippen LogP contribution is 2.34.